The van der Waals surface area contributed by atoms with E-state index in [1.165, 1.54) is 11.3 Å². The summed E-state index contributed by atoms with van der Waals surface area (Å²) in [6, 6.07) is 11.2. The predicted molar refractivity (Wildman–Crippen MR) is 102 cm³/mol. The highest BCUT2D eigenvalue weighted by Gasteiger charge is 2.25. The Morgan fingerprint density at radius 3 is 2.35 bits per heavy atom. The van der Waals surface area contributed by atoms with Gasteiger partial charge in [-0.3, -0.25) is 14.4 Å². The van der Waals surface area contributed by atoms with Gasteiger partial charge in [0.05, 0.1) is 4.88 Å². The molecule has 1 fully saturated rings. The molecule has 26 heavy (non-hydrogen) atoms. The van der Waals surface area contributed by atoms with Crippen LogP contribution in [-0.2, 0) is 4.79 Å². The van der Waals surface area contributed by atoms with Crippen molar-refractivity contribution < 1.29 is 14.4 Å². The van der Waals surface area contributed by atoms with Gasteiger partial charge in [0, 0.05) is 44.6 Å². The van der Waals surface area contributed by atoms with Crippen LogP contribution in [0.5, 0.6) is 0 Å². The van der Waals surface area contributed by atoms with Crippen LogP contribution in [-0.4, -0.2) is 53.6 Å². The molecule has 0 aliphatic carbocycles. The summed E-state index contributed by atoms with van der Waals surface area (Å²) < 4.78 is 0. The van der Waals surface area contributed by atoms with Gasteiger partial charge in [-0.2, -0.15) is 0 Å². The van der Waals surface area contributed by atoms with E-state index >= 15 is 0 Å². The summed E-state index contributed by atoms with van der Waals surface area (Å²) in [6.45, 7) is 4.05. The zero-order valence-corrected chi connectivity index (χ0v) is 15.6. The molecule has 1 aliphatic rings. The Morgan fingerprint density at radius 2 is 1.69 bits per heavy atom. The van der Waals surface area contributed by atoms with E-state index < -0.39 is 0 Å². The molecule has 0 unspecified atom stereocenters. The Labute approximate surface area is 157 Å². The number of nitrogens with zero attached hydrogens (tertiary/aromatic N) is 2. The fraction of sp³-hybridized carbons (Fsp3) is 0.350. The third-order valence-electron chi connectivity index (χ3n) is 4.55. The van der Waals surface area contributed by atoms with Gasteiger partial charge in [0.25, 0.3) is 5.91 Å². The lowest BCUT2D eigenvalue weighted by molar-refractivity contribution is -0.132. The summed E-state index contributed by atoms with van der Waals surface area (Å²) in [5, 5.41) is 1.86. The van der Waals surface area contributed by atoms with Crippen molar-refractivity contribution in [2.24, 2.45) is 0 Å². The fourth-order valence-electron chi connectivity index (χ4n) is 3.06. The number of hydrogen-bond donors (Lipinski definition) is 0. The van der Waals surface area contributed by atoms with E-state index in [9.17, 15) is 14.4 Å². The minimum atomic E-state index is -0.0161. The Bertz CT molecular complexity index is 793. The van der Waals surface area contributed by atoms with Crippen molar-refractivity contribution in [3.8, 4) is 0 Å². The average molecular weight is 370 g/mol. The molecule has 1 aliphatic heterocycles. The molecule has 136 valence electrons. The Balaban J connectivity index is 1.48. The first-order valence-corrected chi connectivity index (χ1v) is 9.63. The van der Waals surface area contributed by atoms with Crippen LogP contribution < -0.4 is 0 Å². The second-order valence-corrected chi connectivity index (χ2v) is 7.39. The van der Waals surface area contributed by atoms with Crippen molar-refractivity contribution in [3.05, 3.63) is 57.8 Å². The molecule has 2 aromatic rings. The standard InChI is InChI=1S/C20H22N2O3S/c1-15-4-2-5-16(14-15)20(25)22-11-9-21(10-12-22)19(24)8-7-17(23)18-6-3-13-26-18/h2-6,13-14H,7-12H2,1H3. The van der Waals surface area contributed by atoms with Gasteiger partial charge in [0.2, 0.25) is 5.91 Å². The second kappa shape index (κ2) is 8.27. The van der Waals surface area contributed by atoms with Crippen LogP contribution in [0.3, 0.4) is 0 Å². The normalized spacial score (nSPS) is 14.3. The summed E-state index contributed by atoms with van der Waals surface area (Å²) in [7, 11) is 0. The first-order valence-electron chi connectivity index (χ1n) is 8.75. The van der Waals surface area contributed by atoms with Crippen molar-refractivity contribution in [2.75, 3.05) is 26.2 Å². The number of rotatable bonds is 5. The van der Waals surface area contributed by atoms with Gasteiger partial charge in [-0.25, -0.2) is 0 Å². The van der Waals surface area contributed by atoms with Crippen LogP contribution in [0, 0.1) is 6.92 Å². The molecule has 0 N–H and O–H groups in total. The molecule has 0 bridgehead atoms. The topological polar surface area (TPSA) is 57.7 Å². The highest BCUT2D eigenvalue weighted by atomic mass is 32.1. The summed E-state index contributed by atoms with van der Waals surface area (Å²) in [5.74, 6) is 0.00726. The van der Waals surface area contributed by atoms with Crippen LogP contribution in [0.2, 0.25) is 0 Å². The van der Waals surface area contributed by atoms with E-state index in [2.05, 4.69) is 0 Å². The van der Waals surface area contributed by atoms with Crippen molar-refractivity contribution in [3.63, 3.8) is 0 Å². The van der Waals surface area contributed by atoms with Gasteiger partial charge in [-0.1, -0.05) is 23.8 Å². The highest BCUT2D eigenvalue weighted by Crippen LogP contribution is 2.14. The molecule has 6 heteroatoms. The van der Waals surface area contributed by atoms with Gasteiger partial charge < -0.3 is 9.80 Å². The van der Waals surface area contributed by atoms with Crippen molar-refractivity contribution in [1.29, 1.82) is 0 Å². The maximum atomic E-state index is 12.6. The monoisotopic (exact) mass is 370 g/mol. The Hall–Kier alpha value is -2.47. The molecular weight excluding hydrogens is 348 g/mol. The Morgan fingerprint density at radius 1 is 0.962 bits per heavy atom. The number of amides is 2. The van der Waals surface area contributed by atoms with Crippen molar-refractivity contribution in [1.82, 2.24) is 9.80 Å². The first-order chi connectivity index (χ1) is 12.5. The van der Waals surface area contributed by atoms with E-state index in [-0.39, 0.29) is 30.4 Å². The van der Waals surface area contributed by atoms with Gasteiger partial charge in [-0.05, 0) is 30.5 Å². The van der Waals surface area contributed by atoms with Gasteiger partial charge in [0.15, 0.2) is 5.78 Å². The van der Waals surface area contributed by atoms with Crippen LogP contribution in [0.25, 0.3) is 0 Å². The van der Waals surface area contributed by atoms with E-state index in [1.807, 2.05) is 42.6 Å². The summed E-state index contributed by atoms with van der Waals surface area (Å²) >= 11 is 1.40. The molecule has 2 heterocycles. The van der Waals surface area contributed by atoms with Crippen LogP contribution in [0.15, 0.2) is 41.8 Å². The lowest BCUT2D eigenvalue weighted by atomic mass is 10.1. The largest absolute Gasteiger partial charge is 0.339 e. The molecule has 1 aromatic carbocycles. The molecule has 1 saturated heterocycles. The number of thiophene rings is 1. The number of Topliss-reactive ketones (excluding diaryl/α,β-unsaturated/α-hetero) is 1. The smallest absolute Gasteiger partial charge is 0.253 e. The number of aryl methyl sites for hydroxylation is 1. The SMILES string of the molecule is Cc1cccc(C(=O)N2CCN(C(=O)CCC(=O)c3cccs3)CC2)c1. The van der Waals surface area contributed by atoms with Gasteiger partial charge in [0.1, 0.15) is 0 Å². The Kier molecular flexibility index (Phi) is 5.83. The highest BCUT2D eigenvalue weighted by molar-refractivity contribution is 7.12. The average Bonchev–Trinajstić information content (AvgIpc) is 3.20. The molecular formula is C20H22N2O3S. The van der Waals surface area contributed by atoms with E-state index in [4.69, 9.17) is 0 Å². The maximum Gasteiger partial charge on any atom is 0.253 e. The maximum absolute atomic E-state index is 12.6. The van der Waals surface area contributed by atoms with Crippen LogP contribution in [0.1, 0.15) is 38.4 Å². The third kappa shape index (κ3) is 4.38. The molecule has 3 rings (SSSR count). The summed E-state index contributed by atoms with van der Waals surface area (Å²) in [5.41, 5.74) is 1.74. The molecule has 2 amide bonds. The van der Waals surface area contributed by atoms with E-state index in [1.54, 1.807) is 15.9 Å². The minimum Gasteiger partial charge on any atom is -0.339 e. The lowest BCUT2D eigenvalue weighted by Gasteiger charge is -2.35. The van der Waals surface area contributed by atoms with Crippen molar-refractivity contribution in [2.45, 2.75) is 19.8 Å². The summed E-state index contributed by atoms with van der Waals surface area (Å²) in [6.07, 6.45) is 0.463. The second-order valence-electron chi connectivity index (χ2n) is 6.44. The van der Waals surface area contributed by atoms with Gasteiger partial charge in [-0.15, -0.1) is 11.3 Å². The number of piperazine rings is 1. The number of carbonyl (C=O) groups is 3. The predicted octanol–water partition coefficient (Wildman–Crippen LogP) is 3.00. The zero-order valence-electron chi connectivity index (χ0n) is 14.8. The molecule has 0 atom stereocenters. The van der Waals surface area contributed by atoms with Gasteiger partial charge >= 0.3 is 0 Å². The molecule has 5 nitrogen and oxygen atoms in total. The number of ketones is 1. The quantitative estimate of drug-likeness (QED) is 0.760. The molecule has 0 radical (unpaired) electrons. The minimum absolute atomic E-state index is 0.00803. The zero-order chi connectivity index (χ0) is 18.5. The third-order valence-corrected chi connectivity index (χ3v) is 5.46. The van der Waals surface area contributed by atoms with Crippen LogP contribution in [0.4, 0.5) is 0 Å². The number of benzene rings is 1. The molecule has 0 spiro atoms. The summed E-state index contributed by atoms with van der Waals surface area (Å²) in [4.78, 5) is 41.1. The van der Waals surface area contributed by atoms with E-state index in [0.717, 1.165) is 5.56 Å². The van der Waals surface area contributed by atoms with Crippen molar-refractivity contribution >= 4 is 28.9 Å². The first kappa shape index (κ1) is 18.3. The fourth-order valence-corrected chi connectivity index (χ4v) is 3.75. The van der Waals surface area contributed by atoms with Crippen LogP contribution >= 0.6 is 11.3 Å². The lowest BCUT2D eigenvalue weighted by Crippen LogP contribution is -2.50. The number of hydrogen-bond acceptors (Lipinski definition) is 4. The molecule has 1 aromatic heterocycles. The molecule has 0 saturated carbocycles. The number of carbonyl (C=O) groups excluding carboxylic acids is 3. The van der Waals surface area contributed by atoms with E-state index in [0.29, 0.717) is 36.6 Å².